The number of carboxylic acids is 1. The van der Waals surface area contributed by atoms with Gasteiger partial charge >= 0.3 is 12.0 Å². The number of likely N-dealkylation sites (tertiary alicyclic amines) is 1. The molecule has 22 heavy (non-hydrogen) atoms. The van der Waals surface area contributed by atoms with Gasteiger partial charge in [0, 0.05) is 18.8 Å². The average Bonchev–Trinajstić information content (AvgIpc) is 2.86. The number of aliphatic carboxylic acids is 1. The minimum Gasteiger partial charge on any atom is -0.493 e. The second-order valence-electron chi connectivity index (χ2n) is 5.55. The normalized spacial score (nSPS) is 20.8. The number of amides is 2. The summed E-state index contributed by atoms with van der Waals surface area (Å²) in [6.07, 6.45) is 0.461. The molecule has 0 bridgehead atoms. The summed E-state index contributed by atoms with van der Waals surface area (Å²) < 4.78 is 6.17. The third kappa shape index (κ3) is 3.52. The summed E-state index contributed by atoms with van der Waals surface area (Å²) in [6.45, 7) is 4.77. The van der Waals surface area contributed by atoms with Gasteiger partial charge in [-0.2, -0.15) is 0 Å². The van der Waals surface area contributed by atoms with E-state index in [1.165, 1.54) is 4.90 Å². The number of hydrogen-bond donors (Lipinski definition) is 2. The predicted octanol–water partition coefficient (Wildman–Crippen LogP) is 3.18. The molecule has 1 atom stereocenters. The molecule has 0 radical (unpaired) electrons. The van der Waals surface area contributed by atoms with E-state index >= 15 is 0 Å². The molecule has 0 spiro atoms. The molecule has 6 nitrogen and oxygen atoms in total. The van der Waals surface area contributed by atoms with Gasteiger partial charge in [0.15, 0.2) is 0 Å². The van der Waals surface area contributed by atoms with Crippen LogP contribution >= 0.6 is 15.9 Å². The summed E-state index contributed by atoms with van der Waals surface area (Å²) in [5.74, 6) is -0.160. The first kappa shape index (κ1) is 16.6. The average molecular weight is 371 g/mol. The van der Waals surface area contributed by atoms with Crippen LogP contribution in [0.1, 0.15) is 20.3 Å². The van der Waals surface area contributed by atoms with Crippen molar-refractivity contribution >= 4 is 33.6 Å². The van der Waals surface area contributed by atoms with E-state index in [-0.39, 0.29) is 12.6 Å². The fraction of sp³-hybridized carbons (Fsp3) is 0.467. The van der Waals surface area contributed by atoms with Crippen LogP contribution in [0.2, 0.25) is 0 Å². The molecule has 1 unspecified atom stereocenters. The maximum Gasteiger partial charge on any atom is 0.321 e. The molecule has 0 aromatic heterocycles. The molecule has 7 heteroatoms. The van der Waals surface area contributed by atoms with Crippen LogP contribution in [-0.4, -0.2) is 41.7 Å². The molecule has 1 heterocycles. The fourth-order valence-corrected chi connectivity index (χ4v) is 2.86. The molecular weight excluding hydrogens is 352 g/mol. The lowest BCUT2D eigenvalue weighted by atomic mass is 9.90. The largest absolute Gasteiger partial charge is 0.493 e. The monoisotopic (exact) mass is 370 g/mol. The van der Waals surface area contributed by atoms with E-state index < -0.39 is 11.4 Å². The molecule has 1 saturated heterocycles. The molecular formula is C15H19BrN2O4. The number of hydrogen-bond acceptors (Lipinski definition) is 3. The van der Waals surface area contributed by atoms with E-state index in [0.29, 0.717) is 31.0 Å². The molecule has 0 saturated carbocycles. The number of nitrogens with zero attached hydrogens (tertiary/aromatic N) is 1. The zero-order chi connectivity index (χ0) is 16.3. The van der Waals surface area contributed by atoms with Crippen molar-refractivity contribution in [2.45, 2.75) is 20.3 Å². The summed E-state index contributed by atoms with van der Waals surface area (Å²) in [5.41, 5.74) is -0.235. The van der Waals surface area contributed by atoms with Crippen LogP contribution in [-0.2, 0) is 4.79 Å². The Morgan fingerprint density at radius 2 is 2.23 bits per heavy atom. The number of benzene rings is 1. The summed E-state index contributed by atoms with van der Waals surface area (Å²) in [6, 6.07) is 4.99. The van der Waals surface area contributed by atoms with Crippen LogP contribution in [0.3, 0.4) is 0 Å². The molecule has 2 rings (SSSR count). The maximum atomic E-state index is 12.2. The molecule has 0 aliphatic carbocycles. The SMILES string of the molecule is CCOc1ccc(NC(=O)N2CCC(C)(C(=O)O)C2)cc1Br. The Kier molecular flexibility index (Phi) is 4.95. The highest BCUT2D eigenvalue weighted by molar-refractivity contribution is 9.10. The Hall–Kier alpha value is -1.76. The Morgan fingerprint density at radius 3 is 2.77 bits per heavy atom. The summed E-state index contributed by atoms with van der Waals surface area (Å²) in [7, 11) is 0. The van der Waals surface area contributed by atoms with Crippen molar-refractivity contribution in [1.82, 2.24) is 4.90 Å². The van der Waals surface area contributed by atoms with Gasteiger partial charge in [0.05, 0.1) is 16.5 Å². The Balaban J connectivity index is 2.01. The Morgan fingerprint density at radius 1 is 1.50 bits per heavy atom. The number of carboxylic acid groups (broad SMARTS) is 1. The van der Waals surface area contributed by atoms with E-state index in [2.05, 4.69) is 21.2 Å². The number of ether oxygens (including phenoxy) is 1. The number of urea groups is 1. The van der Waals surface area contributed by atoms with Gasteiger partial charge in [0.2, 0.25) is 0 Å². The summed E-state index contributed by atoms with van der Waals surface area (Å²) in [5, 5.41) is 12.0. The van der Waals surface area contributed by atoms with Crippen molar-refractivity contribution in [3.8, 4) is 5.75 Å². The zero-order valence-electron chi connectivity index (χ0n) is 12.6. The van der Waals surface area contributed by atoms with Gasteiger partial charge in [0.25, 0.3) is 0 Å². The lowest BCUT2D eigenvalue weighted by Crippen LogP contribution is -2.37. The van der Waals surface area contributed by atoms with Crippen LogP contribution in [0.25, 0.3) is 0 Å². The van der Waals surface area contributed by atoms with Gasteiger partial charge in [-0.15, -0.1) is 0 Å². The maximum absolute atomic E-state index is 12.2. The van der Waals surface area contributed by atoms with E-state index in [4.69, 9.17) is 4.74 Å². The molecule has 1 aromatic rings. The van der Waals surface area contributed by atoms with Gasteiger partial charge in [0.1, 0.15) is 5.75 Å². The first-order valence-corrected chi connectivity index (χ1v) is 7.86. The van der Waals surface area contributed by atoms with Crippen LogP contribution in [0.4, 0.5) is 10.5 Å². The van der Waals surface area contributed by atoms with Gasteiger partial charge < -0.3 is 20.1 Å². The van der Waals surface area contributed by atoms with Crippen molar-refractivity contribution in [1.29, 1.82) is 0 Å². The Labute approximate surface area is 137 Å². The van der Waals surface area contributed by atoms with Gasteiger partial charge in [-0.25, -0.2) is 4.79 Å². The summed E-state index contributed by atoms with van der Waals surface area (Å²) >= 11 is 3.39. The van der Waals surface area contributed by atoms with Crippen LogP contribution in [0.15, 0.2) is 22.7 Å². The minimum absolute atomic E-state index is 0.215. The third-order valence-electron chi connectivity index (χ3n) is 3.76. The second kappa shape index (κ2) is 6.56. The van der Waals surface area contributed by atoms with Crippen LogP contribution < -0.4 is 10.1 Å². The smallest absolute Gasteiger partial charge is 0.321 e. The summed E-state index contributed by atoms with van der Waals surface area (Å²) in [4.78, 5) is 25.0. The third-order valence-corrected chi connectivity index (χ3v) is 4.38. The van der Waals surface area contributed by atoms with E-state index in [1.54, 1.807) is 25.1 Å². The van der Waals surface area contributed by atoms with Gasteiger partial charge in [-0.05, 0) is 54.4 Å². The van der Waals surface area contributed by atoms with Crippen molar-refractivity contribution in [3.05, 3.63) is 22.7 Å². The lowest BCUT2D eigenvalue weighted by molar-refractivity contribution is -0.146. The van der Waals surface area contributed by atoms with Crippen molar-refractivity contribution in [2.75, 3.05) is 25.0 Å². The second-order valence-corrected chi connectivity index (χ2v) is 6.40. The lowest BCUT2D eigenvalue weighted by Gasteiger charge is -2.20. The quantitative estimate of drug-likeness (QED) is 0.852. The zero-order valence-corrected chi connectivity index (χ0v) is 14.1. The molecule has 1 aliphatic heterocycles. The molecule has 2 amide bonds. The highest BCUT2D eigenvalue weighted by Gasteiger charge is 2.42. The number of carbonyl (C=O) groups excluding carboxylic acids is 1. The number of nitrogens with one attached hydrogen (secondary N) is 1. The standard InChI is InChI=1S/C15H19BrN2O4/c1-3-22-12-5-4-10(8-11(12)16)17-14(21)18-7-6-15(2,9-18)13(19)20/h4-5,8H,3,6-7,9H2,1-2H3,(H,17,21)(H,19,20). The van der Waals surface area contributed by atoms with E-state index in [0.717, 1.165) is 4.47 Å². The molecule has 1 aromatic carbocycles. The van der Waals surface area contributed by atoms with Crippen molar-refractivity contribution < 1.29 is 19.4 Å². The fourth-order valence-electron chi connectivity index (χ4n) is 2.36. The molecule has 2 N–H and O–H groups in total. The van der Waals surface area contributed by atoms with Crippen LogP contribution in [0, 0.1) is 5.41 Å². The number of rotatable bonds is 4. The highest BCUT2D eigenvalue weighted by atomic mass is 79.9. The number of carbonyl (C=O) groups is 2. The van der Waals surface area contributed by atoms with Gasteiger partial charge in [-0.3, -0.25) is 4.79 Å². The molecule has 1 aliphatic rings. The first-order chi connectivity index (χ1) is 10.4. The van der Waals surface area contributed by atoms with Crippen LogP contribution in [0.5, 0.6) is 5.75 Å². The predicted molar refractivity (Wildman–Crippen MR) is 86.3 cm³/mol. The Bertz CT molecular complexity index is 593. The minimum atomic E-state index is -0.869. The topological polar surface area (TPSA) is 78.9 Å². The van der Waals surface area contributed by atoms with Crippen molar-refractivity contribution in [3.63, 3.8) is 0 Å². The highest BCUT2D eigenvalue weighted by Crippen LogP contribution is 2.31. The van der Waals surface area contributed by atoms with Gasteiger partial charge in [-0.1, -0.05) is 0 Å². The number of anilines is 1. The van der Waals surface area contributed by atoms with E-state index in [1.807, 2.05) is 6.92 Å². The number of halogens is 1. The molecule has 120 valence electrons. The first-order valence-electron chi connectivity index (χ1n) is 7.07. The van der Waals surface area contributed by atoms with E-state index in [9.17, 15) is 14.7 Å². The van der Waals surface area contributed by atoms with Crippen molar-refractivity contribution in [2.24, 2.45) is 5.41 Å². The molecule has 1 fully saturated rings.